The standard InChI is InChI=1S/C16H27N3OS/c1-13(2)12-19(11-10-18(3)4)16(21)17-14-8-6-7-9-15(14)20-5/h6-9,13H,10-12H2,1-5H3,(H,17,21). The molecule has 0 aliphatic carbocycles. The summed E-state index contributed by atoms with van der Waals surface area (Å²) in [6.07, 6.45) is 0. The van der Waals surface area contributed by atoms with E-state index in [0.29, 0.717) is 5.92 Å². The van der Waals surface area contributed by atoms with Crippen LogP contribution >= 0.6 is 12.2 Å². The van der Waals surface area contributed by atoms with Crippen molar-refractivity contribution in [2.24, 2.45) is 5.92 Å². The quantitative estimate of drug-likeness (QED) is 0.782. The topological polar surface area (TPSA) is 27.7 Å². The van der Waals surface area contributed by atoms with Gasteiger partial charge in [-0.2, -0.15) is 0 Å². The van der Waals surface area contributed by atoms with Crippen molar-refractivity contribution in [2.75, 3.05) is 46.2 Å². The van der Waals surface area contributed by atoms with Crippen molar-refractivity contribution in [3.05, 3.63) is 24.3 Å². The fourth-order valence-corrected chi connectivity index (χ4v) is 2.26. The lowest BCUT2D eigenvalue weighted by Crippen LogP contribution is -2.41. The highest BCUT2D eigenvalue weighted by atomic mass is 32.1. The summed E-state index contributed by atoms with van der Waals surface area (Å²) >= 11 is 5.58. The van der Waals surface area contributed by atoms with Crippen molar-refractivity contribution in [1.82, 2.24) is 9.80 Å². The van der Waals surface area contributed by atoms with Crippen molar-refractivity contribution in [3.8, 4) is 5.75 Å². The molecule has 21 heavy (non-hydrogen) atoms. The van der Waals surface area contributed by atoms with Crippen LogP contribution in [-0.2, 0) is 0 Å². The Morgan fingerprint density at radius 1 is 1.24 bits per heavy atom. The molecule has 0 fully saturated rings. The van der Waals surface area contributed by atoms with E-state index < -0.39 is 0 Å². The summed E-state index contributed by atoms with van der Waals surface area (Å²) in [5, 5.41) is 4.05. The van der Waals surface area contributed by atoms with Crippen molar-refractivity contribution >= 4 is 23.0 Å². The van der Waals surface area contributed by atoms with Crippen molar-refractivity contribution < 1.29 is 4.74 Å². The van der Waals surface area contributed by atoms with Gasteiger partial charge >= 0.3 is 0 Å². The molecule has 1 rings (SSSR count). The molecule has 0 radical (unpaired) electrons. The van der Waals surface area contributed by atoms with E-state index in [4.69, 9.17) is 17.0 Å². The average Bonchev–Trinajstić information content (AvgIpc) is 2.43. The van der Waals surface area contributed by atoms with Gasteiger partial charge in [0.2, 0.25) is 0 Å². The zero-order chi connectivity index (χ0) is 15.8. The lowest BCUT2D eigenvalue weighted by molar-refractivity contribution is 0.310. The molecule has 1 aromatic carbocycles. The van der Waals surface area contributed by atoms with Gasteiger partial charge < -0.3 is 19.9 Å². The van der Waals surface area contributed by atoms with E-state index in [1.165, 1.54) is 0 Å². The molecular weight excluding hydrogens is 282 g/mol. The number of methoxy groups -OCH3 is 1. The second kappa shape index (κ2) is 8.85. The second-order valence-electron chi connectivity index (χ2n) is 5.77. The van der Waals surface area contributed by atoms with Gasteiger partial charge in [0.1, 0.15) is 5.75 Å². The lowest BCUT2D eigenvalue weighted by atomic mass is 10.2. The van der Waals surface area contributed by atoms with Crippen LogP contribution in [0.2, 0.25) is 0 Å². The Hall–Kier alpha value is -1.33. The first-order valence-corrected chi connectivity index (χ1v) is 7.68. The van der Waals surface area contributed by atoms with Crippen molar-refractivity contribution in [2.45, 2.75) is 13.8 Å². The van der Waals surface area contributed by atoms with Gasteiger partial charge in [0, 0.05) is 19.6 Å². The van der Waals surface area contributed by atoms with E-state index in [-0.39, 0.29) is 0 Å². The summed E-state index contributed by atoms with van der Waals surface area (Å²) < 4.78 is 5.36. The molecule has 0 heterocycles. The highest BCUT2D eigenvalue weighted by Gasteiger charge is 2.13. The second-order valence-corrected chi connectivity index (χ2v) is 6.16. The maximum Gasteiger partial charge on any atom is 0.173 e. The van der Waals surface area contributed by atoms with Crippen LogP contribution in [0.1, 0.15) is 13.8 Å². The van der Waals surface area contributed by atoms with Crippen LogP contribution in [-0.4, -0.2) is 55.8 Å². The first-order valence-electron chi connectivity index (χ1n) is 7.27. The third-order valence-corrected chi connectivity index (χ3v) is 3.40. The molecule has 0 spiro atoms. The van der Waals surface area contributed by atoms with Crippen LogP contribution in [0.25, 0.3) is 0 Å². The van der Waals surface area contributed by atoms with Crippen molar-refractivity contribution in [3.63, 3.8) is 0 Å². The Kier molecular flexibility index (Phi) is 7.47. The fraction of sp³-hybridized carbons (Fsp3) is 0.562. The number of nitrogens with one attached hydrogen (secondary N) is 1. The summed E-state index contributed by atoms with van der Waals surface area (Å²) in [5.74, 6) is 1.36. The van der Waals surface area contributed by atoms with Crippen LogP contribution in [0.15, 0.2) is 24.3 Å². The Bertz CT molecular complexity index is 449. The molecule has 0 aliphatic heterocycles. The SMILES string of the molecule is COc1ccccc1NC(=S)N(CCN(C)C)CC(C)C. The maximum absolute atomic E-state index is 5.58. The molecule has 0 unspecified atom stereocenters. The first-order chi connectivity index (χ1) is 9.93. The molecule has 0 aliphatic rings. The van der Waals surface area contributed by atoms with E-state index in [1.807, 2.05) is 24.3 Å². The minimum absolute atomic E-state index is 0.560. The predicted molar refractivity (Wildman–Crippen MR) is 94.2 cm³/mol. The van der Waals surface area contributed by atoms with Gasteiger partial charge in [-0.1, -0.05) is 26.0 Å². The van der Waals surface area contributed by atoms with Gasteiger partial charge in [-0.3, -0.25) is 0 Å². The van der Waals surface area contributed by atoms with Crippen LogP contribution in [0.3, 0.4) is 0 Å². The van der Waals surface area contributed by atoms with E-state index in [2.05, 4.69) is 43.1 Å². The third kappa shape index (κ3) is 6.31. The largest absolute Gasteiger partial charge is 0.495 e. The summed E-state index contributed by atoms with van der Waals surface area (Å²) in [4.78, 5) is 4.38. The molecule has 0 amide bonds. The smallest absolute Gasteiger partial charge is 0.173 e. The molecule has 118 valence electrons. The number of para-hydroxylation sites is 2. The number of hydrogen-bond donors (Lipinski definition) is 1. The number of nitrogens with zero attached hydrogens (tertiary/aromatic N) is 2. The van der Waals surface area contributed by atoms with Gasteiger partial charge in [0.25, 0.3) is 0 Å². The zero-order valence-corrected chi connectivity index (χ0v) is 14.5. The van der Waals surface area contributed by atoms with E-state index in [0.717, 1.165) is 36.2 Å². The fourth-order valence-electron chi connectivity index (χ4n) is 1.98. The average molecular weight is 309 g/mol. The van der Waals surface area contributed by atoms with E-state index >= 15 is 0 Å². The Morgan fingerprint density at radius 2 is 1.90 bits per heavy atom. The summed E-state index contributed by atoms with van der Waals surface area (Å²) in [5.41, 5.74) is 0.906. The Labute approximate surface area is 134 Å². The molecule has 0 saturated heterocycles. The molecule has 0 bridgehead atoms. The zero-order valence-electron chi connectivity index (χ0n) is 13.7. The summed E-state index contributed by atoms with van der Waals surface area (Å²) in [6.45, 7) is 7.23. The molecule has 0 aromatic heterocycles. The number of rotatable bonds is 7. The summed E-state index contributed by atoms with van der Waals surface area (Å²) in [6, 6.07) is 7.83. The van der Waals surface area contributed by atoms with Crippen LogP contribution in [0.5, 0.6) is 5.75 Å². The minimum atomic E-state index is 0.560. The van der Waals surface area contributed by atoms with Gasteiger partial charge in [0.05, 0.1) is 12.8 Å². The molecule has 0 atom stereocenters. The van der Waals surface area contributed by atoms with Gasteiger partial charge in [-0.25, -0.2) is 0 Å². The summed E-state index contributed by atoms with van der Waals surface area (Å²) in [7, 11) is 5.82. The Balaban J connectivity index is 2.75. The minimum Gasteiger partial charge on any atom is -0.495 e. The number of thiocarbonyl (C=S) groups is 1. The first kappa shape index (κ1) is 17.7. The van der Waals surface area contributed by atoms with E-state index in [9.17, 15) is 0 Å². The predicted octanol–water partition coefficient (Wildman–Crippen LogP) is 2.91. The highest BCUT2D eigenvalue weighted by molar-refractivity contribution is 7.80. The number of hydrogen-bond acceptors (Lipinski definition) is 3. The monoisotopic (exact) mass is 309 g/mol. The van der Waals surface area contributed by atoms with E-state index in [1.54, 1.807) is 7.11 Å². The van der Waals surface area contributed by atoms with Crippen molar-refractivity contribution in [1.29, 1.82) is 0 Å². The molecular formula is C16H27N3OS. The van der Waals surface area contributed by atoms with Gasteiger partial charge in [-0.15, -0.1) is 0 Å². The third-order valence-electron chi connectivity index (χ3n) is 3.04. The maximum atomic E-state index is 5.58. The number of anilines is 1. The molecule has 0 saturated carbocycles. The number of likely N-dealkylation sites (N-methyl/N-ethyl adjacent to an activating group) is 1. The Morgan fingerprint density at radius 3 is 2.48 bits per heavy atom. The van der Waals surface area contributed by atoms with Crippen LogP contribution < -0.4 is 10.1 Å². The normalized spacial score (nSPS) is 10.8. The van der Waals surface area contributed by atoms with Gasteiger partial charge in [-0.05, 0) is 44.4 Å². The van der Waals surface area contributed by atoms with Crippen LogP contribution in [0.4, 0.5) is 5.69 Å². The molecule has 1 N–H and O–H groups in total. The van der Waals surface area contributed by atoms with Gasteiger partial charge in [0.15, 0.2) is 5.11 Å². The number of ether oxygens (including phenoxy) is 1. The molecule has 5 heteroatoms. The lowest BCUT2D eigenvalue weighted by Gasteiger charge is -2.29. The highest BCUT2D eigenvalue weighted by Crippen LogP contribution is 2.23. The van der Waals surface area contributed by atoms with Crippen LogP contribution in [0, 0.1) is 5.92 Å². The molecule has 4 nitrogen and oxygen atoms in total. The number of benzene rings is 1. The molecule has 1 aromatic rings.